The second kappa shape index (κ2) is 5.92. The third-order valence-corrected chi connectivity index (χ3v) is 3.45. The highest BCUT2D eigenvalue weighted by Crippen LogP contribution is 2.29. The van der Waals surface area contributed by atoms with E-state index >= 15 is 0 Å². The largest absolute Gasteiger partial charge is 0.416 e. The summed E-state index contributed by atoms with van der Waals surface area (Å²) in [6, 6.07) is 11.5. The molecule has 0 aliphatic carbocycles. The second-order valence-electron chi connectivity index (χ2n) is 5.16. The van der Waals surface area contributed by atoms with Crippen LogP contribution in [0.25, 0.3) is 10.9 Å². The fourth-order valence-electron chi connectivity index (χ4n) is 2.29. The molecule has 1 heterocycles. The Morgan fingerprint density at radius 1 is 1.12 bits per heavy atom. The summed E-state index contributed by atoms with van der Waals surface area (Å²) in [5.74, 6) is 0.349. The number of hydrogen-bond acceptors (Lipinski definition) is 3. The standard InChI is InChI=1S/C17H12F3N3O/c1-11-22-15-8-3-2-7-14(15)16(24)23(11)21-10-12-5-4-6-13(9-12)17(18,19)20/h2-10H,1H3. The van der Waals surface area contributed by atoms with Crippen molar-refractivity contribution in [3.05, 3.63) is 75.8 Å². The number of aromatic nitrogens is 2. The molecule has 0 atom stereocenters. The Morgan fingerprint density at radius 3 is 2.62 bits per heavy atom. The van der Waals surface area contributed by atoms with Crippen molar-refractivity contribution < 1.29 is 13.2 Å². The first-order valence-corrected chi connectivity index (χ1v) is 7.06. The predicted molar refractivity (Wildman–Crippen MR) is 85.2 cm³/mol. The molecule has 122 valence electrons. The van der Waals surface area contributed by atoms with Crippen LogP contribution in [0, 0.1) is 6.92 Å². The molecule has 0 bridgehead atoms. The first kappa shape index (κ1) is 15.9. The molecular weight excluding hydrogens is 319 g/mol. The van der Waals surface area contributed by atoms with Gasteiger partial charge in [-0.25, -0.2) is 4.98 Å². The van der Waals surface area contributed by atoms with Gasteiger partial charge in [-0.1, -0.05) is 24.3 Å². The van der Waals surface area contributed by atoms with Crippen molar-refractivity contribution in [3.63, 3.8) is 0 Å². The molecule has 7 heteroatoms. The summed E-state index contributed by atoms with van der Waals surface area (Å²) in [5.41, 5.74) is -0.358. The Balaban J connectivity index is 2.04. The van der Waals surface area contributed by atoms with E-state index in [1.807, 2.05) is 0 Å². The van der Waals surface area contributed by atoms with Gasteiger partial charge in [-0.2, -0.15) is 22.9 Å². The number of hydrogen-bond donors (Lipinski definition) is 0. The molecule has 0 fully saturated rings. The molecule has 0 saturated carbocycles. The minimum Gasteiger partial charge on any atom is -0.267 e. The maximum Gasteiger partial charge on any atom is 0.416 e. The summed E-state index contributed by atoms with van der Waals surface area (Å²) in [6.45, 7) is 1.61. The quantitative estimate of drug-likeness (QED) is 0.674. The van der Waals surface area contributed by atoms with Gasteiger partial charge < -0.3 is 0 Å². The van der Waals surface area contributed by atoms with Crippen LogP contribution in [-0.4, -0.2) is 15.9 Å². The number of halogens is 3. The Labute approximate surface area is 134 Å². The Kier molecular flexibility index (Phi) is 3.92. The van der Waals surface area contributed by atoms with Crippen LogP contribution in [0.3, 0.4) is 0 Å². The summed E-state index contributed by atoms with van der Waals surface area (Å²) in [5, 5.41) is 4.39. The van der Waals surface area contributed by atoms with Gasteiger partial charge in [-0.15, -0.1) is 0 Å². The molecule has 0 N–H and O–H groups in total. The summed E-state index contributed by atoms with van der Waals surface area (Å²) in [7, 11) is 0. The highest BCUT2D eigenvalue weighted by Gasteiger charge is 2.30. The van der Waals surface area contributed by atoms with Crippen molar-refractivity contribution >= 4 is 17.1 Å². The van der Waals surface area contributed by atoms with Gasteiger partial charge in [0.1, 0.15) is 5.82 Å². The molecule has 1 aromatic heterocycles. The Bertz CT molecular complexity index is 990. The topological polar surface area (TPSA) is 47.2 Å². The summed E-state index contributed by atoms with van der Waals surface area (Å²) < 4.78 is 39.2. The molecule has 4 nitrogen and oxygen atoms in total. The zero-order valence-electron chi connectivity index (χ0n) is 12.6. The smallest absolute Gasteiger partial charge is 0.267 e. The minimum absolute atomic E-state index is 0.240. The van der Waals surface area contributed by atoms with Crippen molar-refractivity contribution in [1.29, 1.82) is 0 Å². The molecule has 0 aliphatic rings. The second-order valence-corrected chi connectivity index (χ2v) is 5.16. The van der Waals surface area contributed by atoms with E-state index < -0.39 is 11.7 Å². The number of benzene rings is 2. The fourth-order valence-corrected chi connectivity index (χ4v) is 2.29. The van der Waals surface area contributed by atoms with Crippen molar-refractivity contribution in [1.82, 2.24) is 9.66 Å². The molecule has 0 radical (unpaired) electrons. The molecule has 0 saturated heterocycles. The maximum absolute atomic E-state index is 12.7. The number of aryl methyl sites for hydroxylation is 1. The zero-order chi connectivity index (χ0) is 17.3. The summed E-state index contributed by atoms with van der Waals surface area (Å²) >= 11 is 0. The van der Waals surface area contributed by atoms with Crippen LogP contribution in [0.5, 0.6) is 0 Å². The van der Waals surface area contributed by atoms with E-state index in [0.29, 0.717) is 16.7 Å². The Morgan fingerprint density at radius 2 is 1.88 bits per heavy atom. The van der Waals surface area contributed by atoms with E-state index in [1.54, 1.807) is 31.2 Å². The van der Waals surface area contributed by atoms with Gasteiger partial charge in [0.05, 0.1) is 22.7 Å². The van der Waals surface area contributed by atoms with E-state index in [9.17, 15) is 18.0 Å². The average Bonchev–Trinajstić information content (AvgIpc) is 2.54. The fraction of sp³-hybridized carbons (Fsp3) is 0.118. The van der Waals surface area contributed by atoms with E-state index in [4.69, 9.17) is 0 Å². The number of alkyl halides is 3. The van der Waals surface area contributed by atoms with Crippen molar-refractivity contribution in [2.75, 3.05) is 0 Å². The van der Waals surface area contributed by atoms with Crippen LogP contribution in [0.4, 0.5) is 13.2 Å². The van der Waals surface area contributed by atoms with E-state index in [-0.39, 0.29) is 11.1 Å². The van der Waals surface area contributed by atoms with Gasteiger partial charge in [0.15, 0.2) is 0 Å². The van der Waals surface area contributed by atoms with Crippen LogP contribution in [0.1, 0.15) is 17.0 Å². The monoisotopic (exact) mass is 331 g/mol. The predicted octanol–water partition coefficient (Wildman–Crippen LogP) is 3.61. The third-order valence-electron chi connectivity index (χ3n) is 3.45. The molecule has 24 heavy (non-hydrogen) atoms. The summed E-state index contributed by atoms with van der Waals surface area (Å²) in [4.78, 5) is 16.7. The van der Waals surface area contributed by atoms with Gasteiger partial charge in [0, 0.05) is 0 Å². The van der Waals surface area contributed by atoms with Gasteiger partial charge in [-0.05, 0) is 36.8 Å². The number of rotatable bonds is 2. The lowest BCUT2D eigenvalue weighted by Crippen LogP contribution is -2.20. The first-order valence-electron chi connectivity index (χ1n) is 7.06. The number of nitrogens with zero attached hydrogens (tertiary/aromatic N) is 3. The normalized spacial score (nSPS) is 12.2. The number of fused-ring (bicyclic) bond motifs is 1. The summed E-state index contributed by atoms with van der Waals surface area (Å²) in [6.07, 6.45) is -3.22. The lowest BCUT2D eigenvalue weighted by molar-refractivity contribution is -0.137. The van der Waals surface area contributed by atoms with Crippen molar-refractivity contribution in [3.8, 4) is 0 Å². The first-order chi connectivity index (χ1) is 11.4. The van der Waals surface area contributed by atoms with E-state index in [1.165, 1.54) is 18.3 Å². The van der Waals surface area contributed by atoms with Crippen LogP contribution < -0.4 is 5.56 Å². The molecule has 3 rings (SSSR count). The zero-order valence-corrected chi connectivity index (χ0v) is 12.6. The van der Waals surface area contributed by atoms with Crippen molar-refractivity contribution in [2.45, 2.75) is 13.1 Å². The minimum atomic E-state index is -4.43. The van der Waals surface area contributed by atoms with Gasteiger partial charge in [0.25, 0.3) is 5.56 Å². The van der Waals surface area contributed by atoms with Crippen LogP contribution >= 0.6 is 0 Å². The van der Waals surface area contributed by atoms with Crippen LogP contribution in [0.15, 0.2) is 58.4 Å². The van der Waals surface area contributed by atoms with Crippen LogP contribution in [-0.2, 0) is 6.18 Å². The average molecular weight is 331 g/mol. The molecule has 0 aliphatic heterocycles. The van der Waals surface area contributed by atoms with E-state index in [0.717, 1.165) is 16.8 Å². The highest BCUT2D eigenvalue weighted by atomic mass is 19.4. The van der Waals surface area contributed by atoms with Gasteiger partial charge >= 0.3 is 6.18 Å². The molecule has 0 spiro atoms. The highest BCUT2D eigenvalue weighted by molar-refractivity contribution is 5.80. The lowest BCUT2D eigenvalue weighted by Gasteiger charge is -2.07. The molecular formula is C17H12F3N3O. The van der Waals surface area contributed by atoms with Gasteiger partial charge in [0.2, 0.25) is 0 Å². The lowest BCUT2D eigenvalue weighted by atomic mass is 10.1. The SMILES string of the molecule is Cc1nc2ccccc2c(=O)n1N=Cc1cccc(C(F)(F)F)c1. The number of para-hydroxylation sites is 1. The van der Waals surface area contributed by atoms with Crippen LogP contribution in [0.2, 0.25) is 0 Å². The molecule has 0 amide bonds. The Hall–Kier alpha value is -2.96. The maximum atomic E-state index is 12.7. The molecule has 2 aromatic carbocycles. The van der Waals surface area contributed by atoms with E-state index in [2.05, 4.69) is 10.1 Å². The molecule has 0 unspecified atom stereocenters. The van der Waals surface area contributed by atoms with Gasteiger partial charge in [-0.3, -0.25) is 4.79 Å². The third kappa shape index (κ3) is 3.05. The van der Waals surface area contributed by atoms with Crippen molar-refractivity contribution in [2.24, 2.45) is 5.10 Å². The molecule has 3 aromatic rings.